The van der Waals surface area contributed by atoms with Crippen molar-refractivity contribution in [2.75, 3.05) is 18.4 Å². The first kappa shape index (κ1) is 19.1. The van der Waals surface area contributed by atoms with Gasteiger partial charge in [-0.15, -0.1) is 0 Å². The summed E-state index contributed by atoms with van der Waals surface area (Å²) in [5, 5.41) is 9.20. The highest BCUT2D eigenvalue weighted by molar-refractivity contribution is 9.09. The van der Waals surface area contributed by atoms with Gasteiger partial charge in [-0.05, 0) is 33.6 Å². The van der Waals surface area contributed by atoms with Crippen molar-refractivity contribution in [3.63, 3.8) is 0 Å². The molecule has 1 saturated carbocycles. The molecular weight excluding hydrogens is 362 g/mol. The first-order valence-corrected chi connectivity index (χ1v) is 8.36. The van der Waals surface area contributed by atoms with Gasteiger partial charge in [0.1, 0.15) is 0 Å². The highest BCUT2D eigenvalue weighted by Crippen LogP contribution is 2.38. The van der Waals surface area contributed by atoms with Gasteiger partial charge in [0.05, 0.1) is 11.4 Å². The van der Waals surface area contributed by atoms with Crippen LogP contribution in [0.1, 0.15) is 40.0 Å². The SMILES string of the molecule is CC(C)(C)N(CCN(C(=O)CBr)C1CCCC1(F)F)C(=O)O. The second kappa shape index (κ2) is 7.10. The maximum absolute atomic E-state index is 13.9. The summed E-state index contributed by atoms with van der Waals surface area (Å²) in [6.07, 6.45) is -0.747. The average Bonchev–Trinajstić information content (AvgIpc) is 2.71. The lowest BCUT2D eigenvalue weighted by Crippen LogP contribution is -2.53. The summed E-state index contributed by atoms with van der Waals surface area (Å²) in [7, 11) is 0. The zero-order valence-electron chi connectivity index (χ0n) is 13.1. The molecule has 5 nitrogen and oxygen atoms in total. The fraction of sp³-hybridized carbons (Fsp3) is 0.857. The molecule has 2 amide bonds. The standard InChI is InChI=1S/C14H23BrF2N2O3/c1-13(2,3)19(12(21)22)8-7-18(11(20)9-15)10-5-4-6-14(10,16)17/h10H,4-9H2,1-3H3,(H,21,22). The highest BCUT2D eigenvalue weighted by atomic mass is 79.9. The van der Waals surface area contributed by atoms with E-state index in [9.17, 15) is 23.5 Å². The second-order valence-electron chi connectivity index (χ2n) is 6.49. The molecule has 8 heteroatoms. The molecule has 0 heterocycles. The van der Waals surface area contributed by atoms with Crippen molar-refractivity contribution < 1.29 is 23.5 Å². The zero-order valence-corrected chi connectivity index (χ0v) is 14.7. The Labute approximate surface area is 137 Å². The molecule has 1 rings (SSSR count). The third kappa shape index (κ3) is 4.54. The number of rotatable bonds is 5. The lowest BCUT2D eigenvalue weighted by atomic mass is 10.1. The fourth-order valence-corrected chi connectivity index (χ4v) is 3.07. The van der Waals surface area contributed by atoms with E-state index in [-0.39, 0.29) is 31.3 Å². The summed E-state index contributed by atoms with van der Waals surface area (Å²) in [6, 6.07) is -1.15. The summed E-state index contributed by atoms with van der Waals surface area (Å²) in [4.78, 5) is 25.6. The number of nitrogens with zero attached hydrogens (tertiary/aromatic N) is 2. The minimum Gasteiger partial charge on any atom is -0.465 e. The van der Waals surface area contributed by atoms with Gasteiger partial charge in [0.15, 0.2) is 0 Å². The number of halogens is 3. The molecule has 0 spiro atoms. The minimum absolute atomic E-state index is 0.00412. The topological polar surface area (TPSA) is 60.9 Å². The van der Waals surface area contributed by atoms with Crippen LogP contribution in [-0.2, 0) is 4.79 Å². The molecule has 22 heavy (non-hydrogen) atoms. The summed E-state index contributed by atoms with van der Waals surface area (Å²) in [6.45, 7) is 5.14. The number of carbonyl (C=O) groups is 2. The van der Waals surface area contributed by atoms with Crippen LogP contribution >= 0.6 is 15.9 Å². The number of alkyl halides is 3. The number of carbonyl (C=O) groups excluding carboxylic acids is 1. The zero-order chi connectivity index (χ0) is 17.1. The maximum atomic E-state index is 13.9. The smallest absolute Gasteiger partial charge is 0.407 e. The number of hydrogen-bond donors (Lipinski definition) is 1. The molecule has 0 aromatic heterocycles. The first-order valence-electron chi connectivity index (χ1n) is 7.24. The van der Waals surface area contributed by atoms with Crippen LogP contribution in [0, 0.1) is 0 Å². The van der Waals surface area contributed by atoms with Gasteiger partial charge in [-0.1, -0.05) is 15.9 Å². The van der Waals surface area contributed by atoms with E-state index in [0.717, 1.165) is 9.80 Å². The average molecular weight is 385 g/mol. The lowest BCUT2D eigenvalue weighted by Gasteiger charge is -2.37. The lowest BCUT2D eigenvalue weighted by molar-refractivity contribution is -0.140. The van der Waals surface area contributed by atoms with Gasteiger partial charge in [0.2, 0.25) is 5.91 Å². The van der Waals surface area contributed by atoms with Crippen LogP contribution in [0.25, 0.3) is 0 Å². The van der Waals surface area contributed by atoms with Crippen LogP contribution < -0.4 is 0 Å². The summed E-state index contributed by atoms with van der Waals surface area (Å²) < 4.78 is 27.9. The molecule has 1 atom stereocenters. The van der Waals surface area contributed by atoms with E-state index in [0.29, 0.717) is 6.42 Å². The number of amides is 2. The Morgan fingerprint density at radius 3 is 2.27 bits per heavy atom. The molecule has 0 saturated heterocycles. The van der Waals surface area contributed by atoms with Gasteiger partial charge >= 0.3 is 6.09 Å². The van der Waals surface area contributed by atoms with Crippen LogP contribution in [0.15, 0.2) is 0 Å². The number of hydrogen-bond acceptors (Lipinski definition) is 2. The van der Waals surface area contributed by atoms with Crippen LogP contribution in [-0.4, -0.2) is 62.8 Å². The fourth-order valence-electron chi connectivity index (χ4n) is 2.75. The third-order valence-corrected chi connectivity index (χ3v) is 4.37. The molecule has 0 bridgehead atoms. The molecule has 1 fully saturated rings. The van der Waals surface area contributed by atoms with E-state index in [1.54, 1.807) is 20.8 Å². The van der Waals surface area contributed by atoms with Crippen LogP contribution in [0.4, 0.5) is 13.6 Å². The highest BCUT2D eigenvalue weighted by Gasteiger charge is 2.48. The Morgan fingerprint density at radius 2 is 1.91 bits per heavy atom. The van der Waals surface area contributed by atoms with E-state index < -0.39 is 29.5 Å². The van der Waals surface area contributed by atoms with Gasteiger partial charge in [-0.3, -0.25) is 4.79 Å². The Hall–Kier alpha value is -0.920. The molecule has 1 N–H and O–H groups in total. The molecular formula is C14H23BrF2N2O3. The van der Waals surface area contributed by atoms with Crippen molar-refractivity contribution in [1.82, 2.24) is 9.80 Å². The Bertz CT molecular complexity index is 427. The molecule has 1 aliphatic carbocycles. The molecule has 0 aromatic carbocycles. The maximum Gasteiger partial charge on any atom is 0.407 e. The molecule has 1 aliphatic rings. The van der Waals surface area contributed by atoms with Crippen molar-refractivity contribution in [1.29, 1.82) is 0 Å². The predicted molar refractivity (Wildman–Crippen MR) is 82.6 cm³/mol. The van der Waals surface area contributed by atoms with Crippen molar-refractivity contribution in [3.05, 3.63) is 0 Å². The Morgan fingerprint density at radius 1 is 1.32 bits per heavy atom. The third-order valence-electron chi connectivity index (χ3n) is 3.89. The molecule has 0 aromatic rings. The van der Waals surface area contributed by atoms with Crippen LogP contribution in [0.5, 0.6) is 0 Å². The van der Waals surface area contributed by atoms with Crippen molar-refractivity contribution in [3.8, 4) is 0 Å². The van der Waals surface area contributed by atoms with Crippen LogP contribution in [0.3, 0.4) is 0 Å². The predicted octanol–water partition coefficient (Wildman–Crippen LogP) is 3.18. The van der Waals surface area contributed by atoms with Crippen molar-refractivity contribution in [2.24, 2.45) is 0 Å². The number of carboxylic acid groups (broad SMARTS) is 1. The van der Waals surface area contributed by atoms with Gasteiger partial charge in [0.25, 0.3) is 5.92 Å². The largest absolute Gasteiger partial charge is 0.465 e. The Kier molecular flexibility index (Phi) is 6.18. The van der Waals surface area contributed by atoms with Gasteiger partial charge in [0, 0.05) is 25.0 Å². The molecule has 0 aliphatic heterocycles. The Balaban J connectivity index is 2.87. The first-order chi connectivity index (χ1) is 10.0. The van der Waals surface area contributed by atoms with E-state index in [4.69, 9.17) is 0 Å². The molecule has 0 radical (unpaired) electrons. The van der Waals surface area contributed by atoms with E-state index in [1.807, 2.05) is 0 Å². The monoisotopic (exact) mass is 384 g/mol. The van der Waals surface area contributed by atoms with E-state index >= 15 is 0 Å². The van der Waals surface area contributed by atoms with Gasteiger partial charge in [-0.2, -0.15) is 0 Å². The normalized spacial score (nSPS) is 20.7. The minimum atomic E-state index is -2.91. The quantitative estimate of drug-likeness (QED) is 0.740. The second-order valence-corrected chi connectivity index (χ2v) is 7.06. The van der Waals surface area contributed by atoms with Crippen molar-refractivity contribution >= 4 is 27.9 Å². The van der Waals surface area contributed by atoms with Crippen molar-refractivity contribution in [2.45, 2.75) is 57.5 Å². The molecule has 128 valence electrons. The summed E-state index contributed by atoms with van der Waals surface area (Å²) in [5.74, 6) is -3.35. The summed E-state index contributed by atoms with van der Waals surface area (Å²) in [5.41, 5.74) is -0.660. The van der Waals surface area contributed by atoms with Crippen LogP contribution in [0.2, 0.25) is 0 Å². The van der Waals surface area contributed by atoms with E-state index in [2.05, 4.69) is 15.9 Å². The van der Waals surface area contributed by atoms with E-state index in [1.165, 1.54) is 0 Å². The molecule has 1 unspecified atom stereocenters. The van der Waals surface area contributed by atoms with Gasteiger partial charge < -0.3 is 14.9 Å². The van der Waals surface area contributed by atoms with Gasteiger partial charge in [-0.25, -0.2) is 13.6 Å². The summed E-state index contributed by atoms with van der Waals surface area (Å²) >= 11 is 3.01.